The Hall–Kier alpha value is -1.10. The van der Waals surface area contributed by atoms with Crippen LogP contribution in [0.15, 0.2) is 18.2 Å². The molecule has 0 aliphatic carbocycles. The maximum atomic E-state index is 5.74. The minimum atomic E-state index is 0.572. The van der Waals surface area contributed by atoms with Crippen LogP contribution in [-0.4, -0.2) is 50.6 Å². The standard InChI is InChI=1S/C16H29N3O/c1-5-8-19(10-9-18(2)3)13-15-11-14(12-17)6-7-16(15)20-4/h6-7,11H,5,8-10,12-13,17H2,1-4H3. The van der Waals surface area contributed by atoms with E-state index in [0.29, 0.717) is 6.54 Å². The van der Waals surface area contributed by atoms with Crippen LogP contribution in [-0.2, 0) is 13.1 Å². The number of ether oxygens (including phenoxy) is 1. The van der Waals surface area contributed by atoms with Crippen LogP contribution < -0.4 is 10.5 Å². The van der Waals surface area contributed by atoms with Crippen molar-refractivity contribution in [3.63, 3.8) is 0 Å². The molecule has 0 unspecified atom stereocenters. The van der Waals surface area contributed by atoms with Crippen LogP contribution in [0, 0.1) is 0 Å². The summed E-state index contributed by atoms with van der Waals surface area (Å²) in [5.41, 5.74) is 8.12. The van der Waals surface area contributed by atoms with Crippen LogP contribution in [0.2, 0.25) is 0 Å². The topological polar surface area (TPSA) is 41.7 Å². The fourth-order valence-electron chi connectivity index (χ4n) is 2.25. The lowest BCUT2D eigenvalue weighted by atomic mass is 10.1. The van der Waals surface area contributed by atoms with E-state index >= 15 is 0 Å². The maximum absolute atomic E-state index is 5.74. The summed E-state index contributed by atoms with van der Waals surface area (Å²) in [6.07, 6.45) is 1.16. The van der Waals surface area contributed by atoms with Gasteiger partial charge in [0.15, 0.2) is 0 Å². The van der Waals surface area contributed by atoms with Crippen LogP contribution in [0.25, 0.3) is 0 Å². The van der Waals surface area contributed by atoms with Gasteiger partial charge in [-0.15, -0.1) is 0 Å². The first-order chi connectivity index (χ1) is 9.60. The molecule has 4 heteroatoms. The Morgan fingerprint density at radius 1 is 1.15 bits per heavy atom. The fraction of sp³-hybridized carbons (Fsp3) is 0.625. The molecule has 1 aromatic carbocycles. The summed E-state index contributed by atoms with van der Waals surface area (Å²) < 4.78 is 5.47. The highest BCUT2D eigenvalue weighted by Gasteiger charge is 2.10. The van der Waals surface area contributed by atoms with E-state index in [1.54, 1.807) is 7.11 Å². The van der Waals surface area contributed by atoms with Gasteiger partial charge in [-0.2, -0.15) is 0 Å². The van der Waals surface area contributed by atoms with Gasteiger partial charge in [0.1, 0.15) is 5.75 Å². The summed E-state index contributed by atoms with van der Waals surface area (Å²) in [4.78, 5) is 4.69. The lowest BCUT2D eigenvalue weighted by molar-refractivity contribution is 0.231. The Morgan fingerprint density at radius 2 is 1.90 bits per heavy atom. The van der Waals surface area contributed by atoms with E-state index in [1.165, 1.54) is 5.56 Å². The van der Waals surface area contributed by atoms with Gasteiger partial charge in [-0.1, -0.05) is 13.0 Å². The summed E-state index contributed by atoms with van der Waals surface area (Å²) in [6.45, 7) is 6.94. The van der Waals surface area contributed by atoms with E-state index in [2.05, 4.69) is 36.9 Å². The second-order valence-electron chi connectivity index (χ2n) is 5.43. The molecule has 20 heavy (non-hydrogen) atoms. The second kappa shape index (κ2) is 8.95. The molecule has 0 saturated heterocycles. The Bertz CT molecular complexity index is 393. The molecule has 0 aliphatic rings. The lowest BCUT2D eigenvalue weighted by Crippen LogP contribution is -2.32. The number of nitrogens with two attached hydrogens (primary N) is 1. The molecule has 0 fully saturated rings. The highest BCUT2D eigenvalue weighted by Crippen LogP contribution is 2.21. The maximum Gasteiger partial charge on any atom is 0.123 e. The van der Waals surface area contributed by atoms with Gasteiger partial charge in [0.25, 0.3) is 0 Å². The van der Waals surface area contributed by atoms with Crippen LogP contribution in [0.3, 0.4) is 0 Å². The molecule has 1 aromatic rings. The summed E-state index contributed by atoms with van der Waals surface area (Å²) in [7, 11) is 5.95. The summed E-state index contributed by atoms with van der Waals surface area (Å²) in [5.74, 6) is 0.952. The van der Waals surface area contributed by atoms with Crippen molar-refractivity contribution >= 4 is 0 Å². The van der Waals surface area contributed by atoms with Crippen molar-refractivity contribution in [2.24, 2.45) is 5.73 Å². The molecule has 0 spiro atoms. The number of hydrogen-bond donors (Lipinski definition) is 1. The minimum Gasteiger partial charge on any atom is -0.496 e. The molecule has 114 valence electrons. The van der Waals surface area contributed by atoms with E-state index in [0.717, 1.165) is 43.9 Å². The monoisotopic (exact) mass is 279 g/mol. The fourth-order valence-corrected chi connectivity index (χ4v) is 2.25. The van der Waals surface area contributed by atoms with Crippen molar-refractivity contribution in [2.75, 3.05) is 40.8 Å². The molecule has 0 radical (unpaired) electrons. The third-order valence-electron chi connectivity index (χ3n) is 3.38. The summed E-state index contributed by atoms with van der Waals surface area (Å²) in [5, 5.41) is 0. The molecule has 2 N–H and O–H groups in total. The summed E-state index contributed by atoms with van der Waals surface area (Å²) in [6, 6.07) is 6.22. The highest BCUT2D eigenvalue weighted by atomic mass is 16.5. The van der Waals surface area contributed by atoms with Crippen LogP contribution in [0.1, 0.15) is 24.5 Å². The van der Waals surface area contributed by atoms with Gasteiger partial charge in [-0.3, -0.25) is 4.90 Å². The molecule has 0 bridgehead atoms. The number of benzene rings is 1. The zero-order valence-corrected chi connectivity index (χ0v) is 13.4. The average molecular weight is 279 g/mol. The first-order valence-corrected chi connectivity index (χ1v) is 7.33. The normalized spacial score (nSPS) is 11.3. The summed E-state index contributed by atoms with van der Waals surface area (Å²) >= 11 is 0. The van der Waals surface area contributed by atoms with Crippen molar-refractivity contribution < 1.29 is 4.74 Å². The second-order valence-corrected chi connectivity index (χ2v) is 5.43. The number of methoxy groups -OCH3 is 1. The van der Waals surface area contributed by atoms with E-state index in [9.17, 15) is 0 Å². The number of rotatable bonds is 9. The molecular weight excluding hydrogens is 250 g/mol. The molecule has 0 atom stereocenters. The molecule has 0 aromatic heterocycles. The molecule has 1 rings (SSSR count). The average Bonchev–Trinajstić information content (AvgIpc) is 2.44. The largest absolute Gasteiger partial charge is 0.496 e. The van der Waals surface area contributed by atoms with Gasteiger partial charge >= 0.3 is 0 Å². The third kappa shape index (κ3) is 5.49. The van der Waals surface area contributed by atoms with Gasteiger partial charge < -0.3 is 15.4 Å². The molecule has 0 aliphatic heterocycles. The lowest BCUT2D eigenvalue weighted by Gasteiger charge is -2.24. The van der Waals surface area contributed by atoms with Crippen molar-refractivity contribution in [1.29, 1.82) is 0 Å². The molecule has 0 amide bonds. The van der Waals surface area contributed by atoms with Crippen molar-refractivity contribution in [2.45, 2.75) is 26.4 Å². The first-order valence-electron chi connectivity index (χ1n) is 7.33. The zero-order chi connectivity index (χ0) is 15.0. The van der Waals surface area contributed by atoms with E-state index < -0.39 is 0 Å². The van der Waals surface area contributed by atoms with Crippen molar-refractivity contribution in [1.82, 2.24) is 9.80 Å². The highest BCUT2D eigenvalue weighted by molar-refractivity contribution is 5.37. The van der Waals surface area contributed by atoms with E-state index in [4.69, 9.17) is 10.5 Å². The Balaban J connectivity index is 2.79. The van der Waals surface area contributed by atoms with Gasteiger partial charge in [0, 0.05) is 31.7 Å². The van der Waals surface area contributed by atoms with Crippen LogP contribution in [0.5, 0.6) is 5.75 Å². The Kier molecular flexibility index (Phi) is 7.59. The van der Waals surface area contributed by atoms with Crippen LogP contribution >= 0.6 is 0 Å². The SMILES string of the molecule is CCCN(CCN(C)C)Cc1cc(CN)ccc1OC. The minimum absolute atomic E-state index is 0.572. The third-order valence-corrected chi connectivity index (χ3v) is 3.38. The molecule has 4 nitrogen and oxygen atoms in total. The van der Waals surface area contributed by atoms with E-state index in [1.807, 2.05) is 12.1 Å². The first kappa shape index (κ1) is 17.0. The van der Waals surface area contributed by atoms with E-state index in [-0.39, 0.29) is 0 Å². The molecule has 0 heterocycles. The van der Waals surface area contributed by atoms with Gasteiger partial charge in [-0.05, 0) is 44.8 Å². The predicted molar refractivity (Wildman–Crippen MR) is 85.0 cm³/mol. The van der Waals surface area contributed by atoms with Crippen molar-refractivity contribution in [3.8, 4) is 5.75 Å². The Labute approximate surface area is 123 Å². The molecule has 0 saturated carbocycles. The van der Waals surface area contributed by atoms with Crippen LogP contribution in [0.4, 0.5) is 0 Å². The quantitative estimate of drug-likeness (QED) is 0.750. The van der Waals surface area contributed by atoms with Gasteiger partial charge in [-0.25, -0.2) is 0 Å². The Morgan fingerprint density at radius 3 is 2.45 bits per heavy atom. The van der Waals surface area contributed by atoms with Gasteiger partial charge in [0.05, 0.1) is 7.11 Å². The number of nitrogens with zero attached hydrogens (tertiary/aromatic N) is 2. The van der Waals surface area contributed by atoms with Crippen molar-refractivity contribution in [3.05, 3.63) is 29.3 Å². The number of hydrogen-bond acceptors (Lipinski definition) is 4. The zero-order valence-electron chi connectivity index (χ0n) is 13.4. The van der Waals surface area contributed by atoms with Gasteiger partial charge in [0.2, 0.25) is 0 Å². The molecular formula is C16H29N3O. The number of likely N-dealkylation sites (N-methyl/N-ethyl adjacent to an activating group) is 1. The smallest absolute Gasteiger partial charge is 0.123 e. The predicted octanol–water partition coefficient (Wildman–Crippen LogP) is 1.93.